The Bertz CT molecular complexity index is 1470. The van der Waals surface area contributed by atoms with Gasteiger partial charge in [0.2, 0.25) is 0 Å². The third kappa shape index (κ3) is 4.80. The predicted octanol–water partition coefficient (Wildman–Crippen LogP) is 8.17. The van der Waals surface area contributed by atoms with Crippen molar-refractivity contribution in [3.05, 3.63) is 112 Å². The van der Waals surface area contributed by atoms with Crippen LogP contribution in [-0.4, -0.2) is 4.98 Å². The first-order valence-electron chi connectivity index (χ1n) is 11.2. The highest BCUT2D eigenvalue weighted by Crippen LogP contribution is 2.41. The fourth-order valence-corrected chi connectivity index (χ4v) is 4.63. The molecule has 1 heterocycles. The standard InChI is InChI=1S/C29H20ClF2N3/c30-21-4-2-5-24(16-21)34-29-26(17-33)27(19-9-13-23(32)14-10-19)25-6-1-3-20(28(25)35-29)15-18-7-11-22(31)12-8-18/h2,4-5,7-16H,1,3,6H2,(H,34,35)/b20-15+. The molecule has 172 valence electrons. The molecule has 0 radical (unpaired) electrons. The van der Waals surface area contributed by atoms with Gasteiger partial charge in [-0.1, -0.05) is 41.9 Å². The molecular formula is C29H20ClF2N3. The molecule has 3 aromatic carbocycles. The lowest BCUT2D eigenvalue weighted by Crippen LogP contribution is -2.11. The summed E-state index contributed by atoms with van der Waals surface area (Å²) in [6, 6.07) is 22.0. The number of benzene rings is 3. The van der Waals surface area contributed by atoms with Gasteiger partial charge in [-0.2, -0.15) is 5.26 Å². The Hall–Kier alpha value is -4.01. The van der Waals surface area contributed by atoms with E-state index < -0.39 is 0 Å². The maximum absolute atomic E-state index is 13.7. The lowest BCUT2D eigenvalue weighted by atomic mass is 9.83. The fraction of sp³-hybridized carbons (Fsp3) is 0.103. The monoisotopic (exact) mass is 483 g/mol. The van der Waals surface area contributed by atoms with Gasteiger partial charge in [0.15, 0.2) is 0 Å². The minimum absolute atomic E-state index is 0.292. The first kappa shape index (κ1) is 22.8. The second kappa shape index (κ2) is 9.69. The molecule has 0 amide bonds. The van der Waals surface area contributed by atoms with E-state index in [2.05, 4.69) is 11.4 Å². The first-order chi connectivity index (χ1) is 17.0. The van der Waals surface area contributed by atoms with Gasteiger partial charge in [-0.15, -0.1) is 0 Å². The molecule has 6 heteroatoms. The number of allylic oxidation sites excluding steroid dienone is 1. The minimum atomic E-state index is -0.343. The number of hydrogen-bond donors (Lipinski definition) is 1. The number of halogens is 3. The topological polar surface area (TPSA) is 48.7 Å². The number of aromatic nitrogens is 1. The molecule has 5 rings (SSSR count). The van der Waals surface area contributed by atoms with E-state index in [-0.39, 0.29) is 11.6 Å². The molecule has 35 heavy (non-hydrogen) atoms. The highest BCUT2D eigenvalue weighted by atomic mass is 35.5. The molecule has 0 unspecified atom stereocenters. The Morgan fingerprint density at radius 3 is 2.34 bits per heavy atom. The molecule has 3 nitrogen and oxygen atoms in total. The normalized spacial score (nSPS) is 13.8. The average Bonchev–Trinajstić information content (AvgIpc) is 2.86. The average molecular weight is 484 g/mol. The van der Waals surface area contributed by atoms with Crippen molar-refractivity contribution >= 4 is 34.8 Å². The summed E-state index contributed by atoms with van der Waals surface area (Å²) in [5.41, 5.74) is 6.18. The molecule has 1 aliphatic carbocycles. The van der Waals surface area contributed by atoms with E-state index >= 15 is 0 Å². The maximum atomic E-state index is 13.7. The molecule has 4 aromatic rings. The summed E-state index contributed by atoms with van der Waals surface area (Å²) >= 11 is 6.17. The molecule has 1 aromatic heterocycles. The van der Waals surface area contributed by atoms with E-state index in [1.807, 2.05) is 18.2 Å². The van der Waals surface area contributed by atoms with Gasteiger partial charge in [-0.25, -0.2) is 13.8 Å². The molecule has 0 saturated heterocycles. The lowest BCUT2D eigenvalue weighted by Gasteiger charge is -2.24. The summed E-state index contributed by atoms with van der Waals surface area (Å²) < 4.78 is 27.2. The Labute approximate surface area is 207 Å². The Balaban J connectivity index is 1.73. The summed E-state index contributed by atoms with van der Waals surface area (Å²) in [7, 11) is 0. The van der Waals surface area contributed by atoms with Gasteiger partial charge in [-0.3, -0.25) is 0 Å². The SMILES string of the molecule is N#Cc1c(Nc2cccc(Cl)c2)nc2c(c1-c1ccc(F)cc1)CCC/C2=C\c1ccc(F)cc1. The highest BCUT2D eigenvalue weighted by Gasteiger charge is 2.26. The zero-order valence-corrected chi connectivity index (χ0v) is 19.4. The van der Waals surface area contributed by atoms with Crippen LogP contribution in [0.5, 0.6) is 0 Å². The third-order valence-corrected chi connectivity index (χ3v) is 6.25. The third-order valence-electron chi connectivity index (χ3n) is 6.02. The van der Waals surface area contributed by atoms with Crippen LogP contribution in [0.4, 0.5) is 20.3 Å². The summed E-state index contributed by atoms with van der Waals surface area (Å²) in [5, 5.41) is 14.0. The van der Waals surface area contributed by atoms with E-state index in [0.717, 1.165) is 52.8 Å². The number of rotatable bonds is 4. The minimum Gasteiger partial charge on any atom is -0.339 e. The molecule has 0 bridgehead atoms. The number of fused-ring (bicyclic) bond motifs is 1. The van der Waals surface area contributed by atoms with Crippen molar-refractivity contribution < 1.29 is 8.78 Å². The van der Waals surface area contributed by atoms with Crippen molar-refractivity contribution in [2.75, 3.05) is 5.32 Å². The number of hydrogen-bond acceptors (Lipinski definition) is 3. The smallest absolute Gasteiger partial charge is 0.149 e. The number of nitrogens with zero attached hydrogens (tertiary/aromatic N) is 2. The van der Waals surface area contributed by atoms with Gasteiger partial charge in [0.05, 0.1) is 5.69 Å². The Kier molecular flexibility index (Phi) is 6.31. The number of nitrogens with one attached hydrogen (secondary N) is 1. The maximum Gasteiger partial charge on any atom is 0.149 e. The van der Waals surface area contributed by atoms with Gasteiger partial charge in [0, 0.05) is 16.3 Å². The lowest BCUT2D eigenvalue weighted by molar-refractivity contribution is 0.627. The Morgan fingerprint density at radius 2 is 1.66 bits per heavy atom. The van der Waals surface area contributed by atoms with Gasteiger partial charge in [0.25, 0.3) is 0 Å². The van der Waals surface area contributed by atoms with Crippen LogP contribution in [0.2, 0.25) is 5.02 Å². The number of pyridine rings is 1. The Morgan fingerprint density at radius 1 is 0.943 bits per heavy atom. The second-order valence-corrected chi connectivity index (χ2v) is 8.80. The predicted molar refractivity (Wildman–Crippen MR) is 136 cm³/mol. The first-order valence-corrected chi connectivity index (χ1v) is 11.6. The fourth-order valence-electron chi connectivity index (χ4n) is 4.44. The molecule has 1 aliphatic rings. The van der Waals surface area contributed by atoms with Crippen molar-refractivity contribution in [1.82, 2.24) is 4.98 Å². The van der Waals surface area contributed by atoms with Gasteiger partial charge >= 0.3 is 0 Å². The van der Waals surface area contributed by atoms with Crippen LogP contribution in [0.3, 0.4) is 0 Å². The summed E-state index contributed by atoms with van der Waals surface area (Å²) in [5.74, 6) is -0.233. The van der Waals surface area contributed by atoms with Crippen LogP contribution in [0, 0.1) is 23.0 Å². The molecule has 0 aliphatic heterocycles. The molecule has 1 N–H and O–H groups in total. The van der Waals surface area contributed by atoms with Crippen molar-refractivity contribution in [3.63, 3.8) is 0 Å². The van der Waals surface area contributed by atoms with Crippen molar-refractivity contribution in [1.29, 1.82) is 5.26 Å². The van der Waals surface area contributed by atoms with E-state index in [9.17, 15) is 14.0 Å². The second-order valence-electron chi connectivity index (χ2n) is 8.37. The van der Waals surface area contributed by atoms with E-state index in [0.29, 0.717) is 22.1 Å². The molecule has 0 atom stereocenters. The van der Waals surface area contributed by atoms with Crippen LogP contribution in [0.25, 0.3) is 22.8 Å². The summed E-state index contributed by atoms with van der Waals surface area (Å²) in [4.78, 5) is 4.91. The number of nitriles is 1. The molecule has 0 spiro atoms. The zero-order valence-electron chi connectivity index (χ0n) is 18.7. The number of anilines is 2. The zero-order chi connectivity index (χ0) is 24.4. The van der Waals surface area contributed by atoms with Crippen molar-refractivity contribution in [2.45, 2.75) is 19.3 Å². The van der Waals surface area contributed by atoms with Crippen LogP contribution >= 0.6 is 11.6 Å². The van der Waals surface area contributed by atoms with E-state index in [4.69, 9.17) is 16.6 Å². The summed E-state index contributed by atoms with van der Waals surface area (Å²) in [6.07, 6.45) is 4.42. The quantitative estimate of drug-likeness (QED) is 0.318. The van der Waals surface area contributed by atoms with Crippen molar-refractivity contribution in [3.8, 4) is 17.2 Å². The largest absolute Gasteiger partial charge is 0.339 e. The van der Waals surface area contributed by atoms with Crippen LogP contribution in [0.15, 0.2) is 72.8 Å². The van der Waals surface area contributed by atoms with Gasteiger partial charge < -0.3 is 5.32 Å². The highest BCUT2D eigenvalue weighted by molar-refractivity contribution is 6.30. The van der Waals surface area contributed by atoms with Crippen LogP contribution in [0.1, 0.15) is 35.2 Å². The molecule has 0 saturated carbocycles. The van der Waals surface area contributed by atoms with Crippen LogP contribution in [-0.2, 0) is 6.42 Å². The molecule has 0 fully saturated rings. The van der Waals surface area contributed by atoms with E-state index in [1.165, 1.54) is 24.3 Å². The van der Waals surface area contributed by atoms with Crippen molar-refractivity contribution in [2.24, 2.45) is 0 Å². The van der Waals surface area contributed by atoms with Gasteiger partial charge in [-0.05, 0) is 90.1 Å². The van der Waals surface area contributed by atoms with Crippen LogP contribution < -0.4 is 5.32 Å². The van der Waals surface area contributed by atoms with Gasteiger partial charge in [0.1, 0.15) is 29.1 Å². The van der Waals surface area contributed by atoms with E-state index in [1.54, 1.807) is 36.4 Å². The summed E-state index contributed by atoms with van der Waals surface area (Å²) in [6.45, 7) is 0. The molecular weight excluding hydrogens is 464 g/mol.